The molecular formula is C23H32ClN3O. The van der Waals surface area contributed by atoms with Gasteiger partial charge in [0.15, 0.2) is 0 Å². The molecule has 152 valence electrons. The zero-order valence-electron chi connectivity index (χ0n) is 16.7. The number of amides is 1. The second-order valence-corrected chi connectivity index (χ2v) is 7.40. The Balaban J connectivity index is 0.00000280. The van der Waals surface area contributed by atoms with E-state index in [1.165, 1.54) is 5.56 Å². The third kappa shape index (κ3) is 6.32. The van der Waals surface area contributed by atoms with Crippen molar-refractivity contribution in [3.05, 3.63) is 66.0 Å². The highest BCUT2D eigenvalue weighted by molar-refractivity contribution is 5.85. The first kappa shape index (κ1) is 22.4. The maximum absolute atomic E-state index is 13.4. The van der Waals surface area contributed by atoms with Crippen LogP contribution in [-0.4, -0.2) is 34.9 Å². The highest BCUT2D eigenvalue weighted by Gasteiger charge is 2.27. The second kappa shape index (κ2) is 11.8. The first-order chi connectivity index (χ1) is 13.3. The minimum Gasteiger partial charge on any atom is -0.334 e. The van der Waals surface area contributed by atoms with Crippen LogP contribution in [-0.2, 0) is 11.3 Å². The van der Waals surface area contributed by atoms with Crippen molar-refractivity contribution in [1.29, 1.82) is 0 Å². The second-order valence-electron chi connectivity index (χ2n) is 7.40. The Morgan fingerprint density at radius 3 is 2.64 bits per heavy atom. The Morgan fingerprint density at radius 1 is 1.14 bits per heavy atom. The quantitative estimate of drug-likeness (QED) is 0.739. The van der Waals surface area contributed by atoms with Crippen molar-refractivity contribution >= 4 is 18.3 Å². The number of nitrogens with one attached hydrogen (secondary N) is 1. The van der Waals surface area contributed by atoms with E-state index >= 15 is 0 Å². The molecule has 0 saturated carbocycles. The Bertz CT molecular complexity index is 688. The van der Waals surface area contributed by atoms with Gasteiger partial charge in [-0.3, -0.25) is 9.78 Å². The van der Waals surface area contributed by atoms with Gasteiger partial charge in [0.2, 0.25) is 5.91 Å². The number of hydrogen-bond donors (Lipinski definition) is 1. The standard InChI is InChI=1S/C23H31N3O.ClH/c1-2-19(20-9-4-3-5-10-20)17-23(27)26(18-21-11-6-7-15-25-21)22-12-8-14-24-16-13-22;/h3-7,9-11,15,19,22,24H,2,8,12-14,16-18H2,1H3;1H. The lowest BCUT2D eigenvalue weighted by Crippen LogP contribution is -2.41. The number of pyridine rings is 1. The summed E-state index contributed by atoms with van der Waals surface area (Å²) >= 11 is 0. The van der Waals surface area contributed by atoms with Crippen molar-refractivity contribution < 1.29 is 4.79 Å². The smallest absolute Gasteiger partial charge is 0.223 e. The highest BCUT2D eigenvalue weighted by atomic mass is 35.5. The fraction of sp³-hybridized carbons (Fsp3) is 0.478. The van der Waals surface area contributed by atoms with Crippen LogP contribution in [0.4, 0.5) is 0 Å². The van der Waals surface area contributed by atoms with E-state index in [0.717, 1.165) is 44.5 Å². The van der Waals surface area contributed by atoms with Gasteiger partial charge in [-0.2, -0.15) is 0 Å². The summed E-state index contributed by atoms with van der Waals surface area (Å²) in [7, 11) is 0. The van der Waals surface area contributed by atoms with Gasteiger partial charge in [-0.1, -0.05) is 43.3 Å². The van der Waals surface area contributed by atoms with Crippen molar-refractivity contribution in [3.63, 3.8) is 0 Å². The van der Waals surface area contributed by atoms with Crippen LogP contribution in [0.15, 0.2) is 54.7 Å². The molecule has 3 rings (SSSR count). The number of rotatable bonds is 7. The summed E-state index contributed by atoms with van der Waals surface area (Å²) in [6.07, 6.45) is 6.54. The largest absolute Gasteiger partial charge is 0.334 e. The molecule has 0 radical (unpaired) electrons. The maximum atomic E-state index is 13.4. The molecule has 1 N–H and O–H groups in total. The van der Waals surface area contributed by atoms with Crippen molar-refractivity contribution in [1.82, 2.24) is 15.2 Å². The van der Waals surface area contributed by atoms with Crippen LogP contribution in [0.3, 0.4) is 0 Å². The summed E-state index contributed by atoms with van der Waals surface area (Å²) in [6, 6.07) is 16.7. The average molecular weight is 402 g/mol. The third-order valence-electron chi connectivity index (χ3n) is 5.55. The highest BCUT2D eigenvalue weighted by Crippen LogP contribution is 2.26. The molecule has 28 heavy (non-hydrogen) atoms. The molecule has 2 aromatic rings. The zero-order chi connectivity index (χ0) is 18.9. The fourth-order valence-corrected chi connectivity index (χ4v) is 3.95. The van der Waals surface area contributed by atoms with Crippen LogP contribution in [0.2, 0.25) is 0 Å². The van der Waals surface area contributed by atoms with Gasteiger partial charge >= 0.3 is 0 Å². The molecule has 0 bridgehead atoms. The van der Waals surface area contributed by atoms with Gasteiger partial charge in [-0.25, -0.2) is 0 Å². The van der Waals surface area contributed by atoms with Crippen LogP contribution in [0, 0.1) is 0 Å². The van der Waals surface area contributed by atoms with Gasteiger partial charge in [0.25, 0.3) is 0 Å². The van der Waals surface area contributed by atoms with E-state index in [4.69, 9.17) is 0 Å². The van der Waals surface area contributed by atoms with E-state index in [1.54, 1.807) is 0 Å². The van der Waals surface area contributed by atoms with Crippen molar-refractivity contribution in [2.24, 2.45) is 0 Å². The number of benzene rings is 1. The average Bonchev–Trinajstić information content (AvgIpc) is 3.01. The molecular weight excluding hydrogens is 370 g/mol. The van der Waals surface area contributed by atoms with Gasteiger partial charge in [0, 0.05) is 18.7 Å². The van der Waals surface area contributed by atoms with Crippen LogP contribution >= 0.6 is 12.4 Å². The van der Waals surface area contributed by atoms with Gasteiger partial charge < -0.3 is 10.2 Å². The molecule has 1 aromatic carbocycles. The van der Waals surface area contributed by atoms with E-state index < -0.39 is 0 Å². The van der Waals surface area contributed by atoms with Crippen LogP contribution in [0.5, 0.6) is 0 Å². The van der Waals surface area contributed by atoms with Crippen molar-refractivity contribution in [2.45, 2.75) is 57.5 Å². The van der Waals surface area contributed by atoms with Gasteiger partial charge in [-0.05, 0) is 62.4 Å². The minimum atomic E-state index is 0. The summed E-state index contributed by atoms with van der Waals surface area (Å²) < 4.78 is 0. The van der Waals surface area contributed by atoms with Crippen LogP contribution in [0.1, 0.15) is 56.2 Å². The topological polar surface area (TPSA) is 45.2 Å². The molecule has 1 aliphatic rings. The van der Waals surface area contributed by atoms with Crippen LogP contribution < -0.4 is 5.32 Å². The van der Waals surface area contributed by atoms with E-state index in [-0.39, 0.29) is 24.2 Å². The summed E-state index contributed by atoms with van der Waals surface area (Å²) in [5, 5.41) is 3.46. The van der Waals surface area contributed by atoms with Gasteiger partial charge in [0.05, 0.1) is 12.2 Å². The Kier molecular flexibility index (Phi) is 9.45. The molecule has 1 fully saturated rings. The lowest BCUT2D eigenvalue weighted by molar-refractivity contribution is -0.135. The first-order valence-electron chi connectivity index (χ1n) is 10.2. The van der Waals surface area contributed by atoms with Crippen molar-refractivity contribution in [3.8, 4) is 0 Å². The molecule has 4 nitrogen and oxygen atoms in total. The third-order valence-corrected chi connectivity index (χ3v) is 5.55. The van der Waals surface area contributed by atoms with E-state index in [2.05, 4.69) is 46.4 Å². The number of aromatic nitrogens is 1. The first-order valence-corrected chi connectivity index (χ1v) is 10.2. The van der Waals surface area contributed by atoms with Crippen LogP contribution in [0.25, 0.3) is 0 Å². The van der Waals surface area contributed by atoms with Gasteiger partial charge in [-0.15, -0.1) is 12.4 Å². The molecule has 1 aliphatic heterocycles. The molecule has 0 spiro atoms. The van der Waals surface area contributed by atoms with E-state index in [0.29, 0.717) is 19.0 Å². The number of halogens is 1. The normalized spacial score (nSPS) is 17.8. The summed E-state index contributed by atoms with van der Waals surface area (Å²) in [5.74, 6) is 0.525. The Hall–Kier alpha value is -1.91. The SMILES string of the molecule is CCC(CC(=O)N(Cc1ccccn1)C1CCCNCC1)c1ccccc1.Cl. The monoisotopic (exact) mass is 401 g/mol. The summed E-state index contributed by atoms with van der Waals surface area (Å²) in [5.41, 5.74) is 2.23. The minimum absolute atomic E-state index is 0. The molecule has 1 saturated heterocycles. The van der Waals surface area contributed by atoms with E-state index in [1.807, 2.05) is 30.5 Å². The summed E-state index contributed by atoms with van der Waals surface area (Å²) in [4.78, 5) is 19.9. The lowest BCUT2D eigenvalue weighted by Gasteiger charge is -2.32. The van der Waals surface area contributed by atoms with E-state index in [9.17, 15) is 4.79 Å². The molecule has 2 unspecified atom stereocenters. The molecule has 2 heterocycles. The van der Waals surface area contributed by atoms with Gasteiger partial charge in [0.1, 0.15) is 0 Å². The maximum Gasteiger partial charge on any atom is 0.223 e. The van der Waals surface area contributed by atoms with Crippen molar-refractivity contribution in [2.75, 3.05) is 13.1 Å². The number of nitrogens with zero attached hydrogens (tertiary/aromatic N) is 2. The number of carbonyl (C=O) groups is 1. The number of carbonyl (C=O) groups excluding carboxylic acids is 1. The molecule has 5 heteroatoms. The Morgan fingerprint density at radius 2 is 1.93 bits per heavy atom. The molecule has 1 amide bonds. The molecule has 2 atom stereocenters. The Labute approximate surface area is 175 Å². The molecule has 1 aromatic heterocycles. The zero-order valence-corrected chi connectivity index (χ0v) is 17.5. The predicted molar refractivity (Wildman–Crippen MR) is 117 cm³/mol. The fourth-order valence-electron chi connectivity index (χ4n) is 3.95. The predicted octanol–water partition coefficient (Wildman–Crippen LogP) is 4.56. The number of hydrogen-bond acceptors (Lipinski definition) is 3. The summed E-state index contributed by atoms with van der Waals surface area (Å²) in [6.45, 7) is 4.80. The molecule has 0 aliphatic carbocycles. The lowest BCUT2D eigenvalue weighted by atomic mass is 9.92.